The third kappa shape index (κ3) is 2.58. The third-order valence-corrected chi connectivity index (χ3v) is 4.26. The molecule has 1 aliphatic rings. The summed E-state index contributed by atoms with van der Waals surface area (Å²) in [4.78, 5) is 24.7. The van der Waals surface area contributed by atoms with Gasteiger partial charge in [-0.15, -0.1) is 0 Å². The molecule has 1 aliphatic carbocycles. The second kappa shape index (κ2) is 5.72. The first-order valence-electron chi connectivity index (χ1n) is 7.47. The van der Waals surface area contributed by atoms with E-state index in [4.69, 9.17) is 4.42 Å². The number of hydrogen-bond donors (Lipinski definition) is 1. The van der Waals surface area contributed by atoms with Gasteiger partial charge in [-0.25, -0.2) is 4.79 Å². The molecule has 0 aliphatic heterocycles. The monoisotopic (exact) mass is 286 g/mol. The fourth-order valence-corrected chi connectivity index (χ4v) is 3.10. The molecule has 0 atom stereocenters. The molecule has 1 aromatic carbocycles. The fraction of sp³-hybridized carbons (Fsp3) is 0.412. The molecule has 0 radical (unpaired) electrons. The van der Waals surface area contributed by atoms with Crippen LogP contribution < -0.4 is 5.63 Å². The minimum atomic E-state index is -0.736. The molecule has 4 nitrogen and oxygen atoms in total. The smallest absolute Gasteiger partial charge is 0.351 e. The van der Waals surface area contributed by atoms with Gasteiger partial charge in [-0.05, 0) is 25.0 Å². The Morgan fingerprint density at radius 1 is 1.10 bits per heavy atom. The lowest BCUT2D eigenvalue weighted by molar-refractivity contribution is 0.0901. The molecule has 110 valence electrons. The quantitative estimate of drug-likeness (QED) is 0.520. The van der Waals surface area contributed by atoms with Crippen LogP contribution in [0.4, 0.5) is 0 Å². The summed E-state index contributed by atoms with van der Waals surface area (Å²) in [7, 11) is 0. The maximum Gasteiger partial charge on any atom is 0.351 e. The van der Waals surface area contributed by atoms with Gasteiger partial charge in [0.25, 0.3) is 0 Å². The van der Waals surface area contributed by atoms with E-state index in [2.05, 4.69) is 0 Å². The van der Waals surface area contributed by atoms with E-state index in [1.165, 1.54) is 0 Å². The van der Waals surface area contributed by atoms with Gasteiger partial charge in [0.15, 0.2) is 5.78 Å². The summed E-state index contributed by atoms with van der Waals surface area (Å²) in [5.41, 5.74) is -0.613. The number of benzene rings is 1. The first-order valence-corrected chi connectivity index (χ1v) is 7.47. The maximum absolute atomic E-state index is 12.6. The normalized spacial score (nSPS) is 16.8. The van der Waals surface area contributed by atoms with Crippen LogP contribution in [0.15, 0.2) is 33.5 Å². The predicted molar refractivity (Wildman–Crippen MR) is 79.7 cm³/mol. The zero-order valence-corrected chi connectivity index (χ0v) is 11.8. The number of rotatable bonds is 2. The van der Waals surface area contributed by atoms with E-state index in [0.717, 1.165) is 38.5 Å². The number of carbonyl (C=O) groups is 1. The first-order chi connectivity index (χ1) is 10.2. The van der Waals surface area contributed by atoms with Gasteiger partial charge < -0.3 is 9.52 Å². The van der Waals surface area contributed by atoms with Gasteiger partial charge in [-0.2, -0.15) is 0 Å². The Bertz CT molecular complexity index is 721. The molecule has 1 aromatic heterocycles. The zero-order chi connectivity index (χ0) is 14.8. The average Bonchev–Trinajstić information content (AvgIpc) is 2.76. The summed E-state index contributed by atoms with van der Waals surface area (Å²) in [5.74, 6) is -0.688. The fourth-order valence-electron chi connectivity index (χ4n) is 3.10. The van der Waals surface area contributed by atoms with Crippen molar-refractivity contribution in [1.29, 1.82) is 0 Å². The summed E-state index contributed by atoms with van der Waals surface area (Å²) in [5, 5.41) is 10.7. The molecule has 1 fully saturated rings. The molecule has 0 bridgehead atoms. The molecule has 21 heavy (non-hydrogen) atoms. The highest BCUT2D eigenvalue weighted by atomic mass is 16.4. The van der Waals surface area contributed by atoms with Crippen molar-refractivity contribution < 1.29 is 14.3 Å². The van der Waals surface area contributed by atoms with Crippen molar-refractivity contribution in [2.24, 2.45) is 5.92 Å². The molecule has 0 saturated heterocycles. The van der Waals surface area contributed by atoms with Crippen molar-refractivity contribution in [3.8, 4) is 5.75 Å². The van der Waals surface area contributed by atoms with Gasteiger partial charge >= 0.3 is 5.63 Å². The molecule has 2 aromatic rings. The predicted octanol–water partition coefficient (Wildman–Crippen LogP) is 3.65. The highest BCUT2D eigenvalue weighted by Crippen LogP contribution is 2.31. The van der Waals surface area contributed by atoms with E-state index >= 15 is 0 Å². The van der Waals surface area contributed by atoms with Crippen molar-refractivity contribution in [3.63, 3.8) is 0 Å². The standard InChI is InChI=1S/C17H18O4/c18-15(11-7-3-1-2-4-8-11)14-16(19)12-9-5-6-10-13(12)21-17(14)20/h5-6,9-11,19H,1-4,7-8H2. The molecule has 1 heterocycles. The van der Waals surface area contributed by atoms with Crippen molar-refractivity contribution in [2.45, 2.75) is 38.5 Å². The minimum absolute atomic E-state index is 0.178. The van der Waals surface area contributed by atoms with Crippen LogP contribution >= 0.6 is 0 Å². The molecule has 0 unspecified atom stereocenters. The van der Waals surface area contributed by atoms with Gasteiger partial charge in [0.2, 0.25) is 0 Å². The van der Waals surface area contributed by atoms with Crippen molar-refractivity contribution in [1.82, 2.24) is 0 Å². The number of Topliss-reactive ketones (excluding diaryl/α,β-unsaturated/α-hetero) is 1. The number of fused-ring (bicyclic) bond motifs is 1. The zero-order valence-electron chi connectivity index (χ0n) is 11.8. The lowest BCUT2D eigenvalue weighted by Gasteiger charge is -2.13. The van der Waals surface area contributed by atoms with Crippen molar-refractivity contribution in [3.05, 3.63) is 40.2 Å². The molecular formula is C17H18O4. The summed E-state index contributed by atoms with van der Waals surface area (Å²) in [6, 6.07) is 6.72. The van der Waals surface area contributed by atoms with Gasteiger partial charge in [0.1, 0.15) is 16.9 Å². The average molecular weight is 286 g/mol. The largest absolute Gasteiger partial charge is 0.506 e. The Hall–Kier alpha value is -2.10. The summed E-state index contributed by atoms with van der Waals surface area (Å²) in [6.45, 7) is 0. The minimum Gasteiger partial charge on any atom is -0.506 e. The highest BCUT2D eigenvalue weighted by Gasteiger charge is 2.28. The van der Waals surface area contributed by atoms with Crippen LogP contribution in [0, 0.1) is 5.92 Å². The Morgan fingerprint density at radius 3 is 2.48 bits per heavy atom. The lowest BCUT2D eigenvalue weighted by Crippen LogP contribution is -2.21. The van der Waals surface area contributed by atoms with E-state index in [-0.39, 0.29) is 23.0 Å². The SMILES string of the molecule is O=C(c1c(O)c2ccccc2oc1=O)C1CCCCCC1. The first kappa shape index (κ1) is 13.9. The summed E-state index contributed by atoms with van der Waals surface area (Å²) in [6.07, 6.45) is 5.81. The van der Waals surface area contributed by atoms with Gasteiger partial charge in [0.05, 0.1) is 5.39 Å². The topological polar surface area (TPSA) is 67.5 Å². The Morgan fingerprint density at radius 2 is 1.76 bits per heavy atom. The van der Waals surface area contributed by atoms with E-state index < -0.39 is 5.63 Å². The molecule has 3 rings (SSSR count). The van der Waals surface area contributed by atoms with E-state index in [0.29, 0.717) is 11.0 Å². The van der Waals surface area contributed by atoms with Crippen molar-refractivity contribution >= 4 is 16.8 Å². The number of hydrogen-bond acceptors (Lipinski definition) is 4. The van der Waals surface area contributed by atoms with Gasteiger partial charge in [0, 0.05) is 5.92 Å². The number of ketones is 1. The van der Waals surface area contributed by atoms with Crippen LogP contribution in [0.2, 0.25) is 0 Å². The van der Waals surface area contributed by atoms with E-state index in [1.54, 1.807) is 24.3 Å². The molecule has 1 saturated carbocycles. The van der Waals surface area contributed by atoms with Gasteiger partial charge in [-0.1, -0.05) is 37.8 Å². The molecule has 0 amide bonds. The number of carbonyl (C=O) groups excluding carboxylic acids is 1. The van der Waals surface area contributed by atoms with Crippen LogP contribution in [0.1, 0.15) is 48.9 Å². The molecule has 1 N–H and O–H groups in total. The molecular weight excluding hydrogens is 268 g/mol. The number of para-hydroxylation sites is 1. The maximum atomic E-state index is 12.6. The van der Waals surface area contributed by atoms with Crippen LogP contribution in [0.3, 0.4) is 0 Å². The highest BCUT2D eigenvalue weighted by molar-refractivity contribution is 6.03. The Labute approximate surface area is 122 Å². The van der Waals surface area contributed by atoms with Crippen LogP contribution in [0.5, 0.6) is 5.75 Å². The van der Waals surface area contributed by atoms with E-state index in [9.17, 15) is 14.7 Å². The second-order valence-electron chi connectivity index (χ2n) is 5.66. The second-order valence-corrected chi connectivity index (χ2v) is 5.66. The molecule has 4 heteroatoms. The Balaban J connectivity index is 2.07. The van der Waals surface area contributed by atoms with Crippen molar-refractivity contribution in [2.75, 3.05) is 0 Å². The number of aromatic hydroxyl groups is 1. The summed E-state index contributed by atoms with van der Waals surface area (Å²) < 4.78 is 5.18. The molecule has 0 spiro atoms. The van der Waals surface area contributed by atoms with Crippen LogP contribution in [-0.2, 0) is 0 Å². The summed E-state index contributed by atoms with van der Waals surface area (Å²) >= 11 is 0. The van der Waals surface area contributed by atoms with Crippen LogP contribution in [0.25, 0.3) is 11.0 Å². The van der Waals surface area contributed by atoms with E-state index in [1.807, 2.05) is 0 Å². The van der Waals surface area contributed by atoms with Gasteiger partial charge in [-0.3, -0.25) is 4.79 Å². The Kier molecular flexibility index (Phi) is 3.78. The third-order valence-electron chi connectivity index (χ3n) is 4.26. The van der Waals surface area contributed by atoms with Crippen LogP contribution in [-0.4, -0.2) is 10.9 Å². The lowest BCUT2D eigenvalue weighted by atomic mass is 9.91.